The summed E-state index contributed by atoms with van der Waals surface area (Å²) >= 11 is 0. The second kappa shape index (κ2) is 13.2. The van der Waals surface area contributed by atoms with Crippen LogP contribution in [0.15, 0.2) is 53.5 Å². The van der Waals surface area contributed by atoms with Crippen LogP contribution >= 0.6 is 0 Å². The number of benzene rings is 2. The average Bonchev–Trinajstić information content (AvgIpc) is 2.82. The van der Waals surface area contributed by atoms with Crippen LogP contribution in [-0.4, -0.2) is 23.2 Å². The van der Waals surface area contributed by atoms with Crippen LogP contribution in [0.25, 0.3) is 5.70 Å². The van der Waals surface area contributed by atoms with E-state index in [-0.39, 0.29) is 30.2 Å². The Bertz CT molecular complexity index is 1000. The van der Waals surface area contributed by atoms with Gasteiger partial charge < -0.3 is 10.8 Å². The highest BCUT2D eigenvalue weighted by Crippen LogP contribution is 2.14. The maximum Gasteiger partial charge on any atom is 0.180 e. The summed E-state index contributed by atoms with van der Waals surface area (Å²) < 4.78 is 13.6. The van der Waals surface area contributed by atoms with Gasteiger partial charge in [-0.2, -0.15) is 5.26 Å². The quantitative estimate of drug-likeness (QED) is 0.372. The molecule has 2 aromatic carbocycles. The summed E-state index contributed by atoms with van der Waals surface area (Å²) in [6.45, 7) is 2.36. The molecule has 32 heavy (non-hydrogen) atoms. The molecule has 0 heterocycles. The van der Waals surface area contributed by atoms with Gasteiger partial charge in [0.2, 0.25) is 0 Å². The Morgan fingerprint density at radius 3 is 2.47 bits per heavy atom. The maximum absolute atomic E-state index is 13.6. The van der Waals surface area contributed by atoms with Crippen LogP contribution in [0.1, 0.15) is 61.3 Å². The molecule has 0 fully saturated rings. The minimum Gasteiger partial charge on any atom is -0.398 e. The third-order valence-corrected chi connectivity index (χ3v) is 5.17. The van der Waals surface area contributed by atoms with Gasteiger partial charge in [-0.15, -0.1) is 0 Å². The summed E-state index contributed by atoms with van der Waals surface area (Å²) in [5.74, 6) is -0.705. The van der Waals surface area contributed by atoms with E-state index in [0.29, 0.717) is 24.1 Å². The molecule has 3 N–H and O–H groups in total. The number of aryl methyl sites for hydroxylation is 1. The number of hydrogen-bond acceptors (Lipinski definition) is 5. The Balaban J connectivity index is 2.23. The fourth-order valence-electron chi connectivity index (χ4n) is 3.19. The van der Waals surface area contributed by atoms with Gasteiger partial charge in [-0.1, -0.05) is 50.1 Å². The molecule has 0 bridgehead atoms. The van der Waals surface area contributed by atoms with Gasteiger partial charge in [0, 0.05) is 18.7 Å². The number of Topliss-reactive ketones (excluding diaryl/α,β-unsaturated/α-hetero) is 1. The van der Waals surface area contributed by atoms with Gasteiger partial charge in [-0.25, -0.2) is 4.39 Å². The first-order valence-corrected chi connectivity index (χ1v) is 10.9. The fourth-order valence-corrected chi connectivity index (χ4v) is 3.19. The summed E-state index contributed by atoms with van der Waals surface area (Å²) in [6, 6.07) is 13.9. The molecule has 0 saturated heterocycles. The molecule has 0 aromatic heterocycles. The number of aliphatic hydroxyl groups excluding tert-OH is 1. The number of nitrogens with zero attached hydrogens (tertiary/aromatic N) is 2. The van der Waals surface area contributed by atoms with Gasteiger partial charge in [0.25, 0.3) is 0 Å². The van der Waals surface area contributed by atoms with E-state index in [1.165, 1.54) is 17.7 Å². The van der Waals surface area contributed by atoms with Gasteiger partial charge in [0.1, 0.15) is 17.6 Å². The highest BCUT2D eigenvalue weighted by atomic mass is 19.1. The number of unbranched alkanes of at least 4 members (excludes halogenated alkanes) is 3. The molecule has 0 aliphatic heterocycles. The zero-order valence-corrected chi connectivity index (χ0v) is 18.5. The first-order valence-electron chi connectivity index (χ1n) is 10.9. The lowest BCUT2D eigenvalue weighted by molar-refractivity contribution is -0.113. The van der Waals surface area contributed by atoms with E-state index in [2.05, 4.69) is 11.9 Å². The van der Waals surface area contributed by atoms with Gasteiger partial charge >= 0.3 is 0 Å². The second-order valence-electron chi connectivity index (χ2n) is 7.59. The van der Waals surface area contributed by atoms with Crippen LogP contribution in [0.5, 0.6) is 0 Å². The minimum absolute atomic E-state index is 0.0551. The van der Waals surface area contributed by atoms with E-state index in [0.717, 1.165) is 31.2 Å². The van der Waals surface area contributed by atoms with Crippen molar-refractivity contribution < 1.29 is 14.3 Å². The van der Waals surface area contributed by atoms with Crippen molar-refractivity contribution >= 4 is 17.2 Å². The zero-order valence-electron chi connectivity index (χ0n) is 18.5. The zero-order chi connectivity index (χ0) is 23.3. The Hall–Kier alpha value is -3.30. The van der Waals surface area contributed by atoms with E-state index in [4.69, 9.17) is 16.1 Å². The van der Waals surface area contributed by atoms with Crippen molar-refractivity contribution in [3.05, 3.63) is 76.6 Å². The number of rotatable bonds is 12. The Morgan fingerprint density at radius 1 is 1.12 bits per heavy atom. The molecule has 2 rings (SSSR count). The highest BCUT2D eigenvalue weighted by molar-refractivity contribution is 6.45. The van der Waals surface area contributed by atoms with Crippen LogP contribution in [0, 0.1) is 17.1 Å². The third-order valence-electron chi connectivity index (χ3n) is 5.17. The van der Waals surface area contributed by atoms with E-state index >= 15 is 0 Å². The van der Waals surface area contributed by atoms with E-state index in [9.17, 15) is 9.18 Å². The molecule has 0 aliphatic rings. The predicted molar refractivity (Wildman–Crippen MR) is 125 cm³/mol. The molecule has 0 unspecified atom stereocenters. The number of aliphatic hydroxyl groups is 1. The molecule has 0 spiro atoms. The molecule has 5 nitrogen and oxygen atoms in total. The number of allylic oxidation sites excluding steroid dienone is 1. The van der Waals surface area contributed by atoms with Gasteiger partial charge in [0.15, 0.2) is 5.78 Å². The molecule has 6 heteroatoms. The number of carbonyl (C=O) groups excluding carboxylic acids is 1. The lowest BCUT2D eigenvalue weighted by Gasteiger charge is -2.07. The number of hydrogen-bond donors (Lipinski definition) is 2. The summed E-state index contributed by atoms with van der Waals surface area (Å²) in [5.41, 5.74) is 9.54. The topological polar surface area (TPSA) is 99.5 Å². The SMILES string of the molecule is CCc1ccc(/C(N)=C/C(=N\Cc2ccc(F)c(C#N)c2)C(=O)CCCCCCO)cc1. The van der Waals surface area contributed by atoms with Crippen molar-refractivity contribution in [2.24, 2.45) is 10.7 Å². The van der Waals surface area contributed by atoms with Crippen LogP contribution in [-0.2, 0) is 17.8 Å². The Morgan fingerprint density at radius 2 is 1.81 bits per heavy atom. The molecular formula is C26H30FN3O2. The van der Waals surface area contributed by atoms with Crippen LogP contribution in [0.2, 0.25) is 0 Å². The number of carbonyl (C=O) groups is 1. The molecule has 168 valence electrons. The molecular weight excluding hydrogens is 405 g/mol. The molecule has 0 saturated carbocycles. The van der Waals surface area contributed by atoms with Crippen molar-refractivity contribution in [2.45, 2.75) is 52.0 Å². The van der Waals surface area contributed by atoms with Crippen LogP contribution < -0.4 is 5.73 Å². The summed E-state index contributed by atoms with van der Waals surface area (Å²) in [5, 5.41) is 17.9. The number of nitrogens with two attached hydrogens (primary N) is 1. The normalized spacial score (nSPS) is 11.9. The fraction of sp³-hybridized carbons (Fsp3) is 0.346. The van der Waals surface area contributed by atoms with Gasteiger partial charge in [-0.3, -0.25) is 9.79 Å². The summed E-state index contributed by atoms with van der Waals surface area (Å²) in [7, 11) is 0. The molecule has 0 aliphatic carbocycles. The van der Waals surface area contributed by atoms with E-state index in [1.807, 2.05) is 30.3 Å². The molecule has 0 atom stereocenters. The van der Waals surface area contributed by atoms with Crippen LogP contribution in [0.4, 0.5) is 4.39 Å². The maximum atomic E-state index is 13.6. The first-order chi connectivity index (χ1) is 15.5. The average molecular weight is 436 g/mol. The van der Waals surface area contributed by atoms with Crippen molar-refractivity contribution in [3.8, 4) is 6.07 Å². The number of halogens is 1. The van der Waals surface area contributed by atoms with Crippen LogP contribution in [0.3, 0.4) is 0 Å². The monoisotopic (exact) mass is 435 g/mol. The highest BCUT2D eigenvalue weighted by Gasteiger charge is 2.11. The minimum atomic E-state index is -0.584. The first kappa shape index (κ1) is 25.0. The lowest BCUT2D eigenvalue weighted by atomic mass is 10.0. The molecule has 2 aromatic rings. The standard InChI is InChI=1S/C26H30FN3O2/c1-2-19-8-11-21(12-9-19)24(29)16-25(26(32)7-5-3-4-6-14-31)30-18-20-10-13-23(27)22(15-20)17-28/h8-13,15-16,31H,2-7,14,18,29H2,1H3/b24-16-,30-25+. The van der Waals surface area contributed by atoms with E-state index < -0.39 is 5.82 Å². The molecule has 0 amide bonds. The number of ketones is 1. The third kappa shape index (κ3) is 7.75. The second-order valence-corrected chi connectivity index (χ2v) is 7.59. The molecule has 0 radical (unpaired) electrons. The van der Waals surface area contributed by atoms with E-state index in [1.54, 1.807) is 12.1 Å². The smallest absolute Gasteiger partial charge is 0.180 e. The predicted octanol–water partition coefficient (Wildman–Crippen LogP) is 4.71. The Kier molecular flexibility index (Phi) is 10.3. The lowest BCUT2D eigenvalue weighted by Crippen LogP contribution is -2.14. The van der Waals surface area contributed by atoms with Crippen molar-refractivity contribution in [3.63, 3.8) is 0 Å². The summed E-state index contributed by atoms with van der Waals surface area (Å²) in [4.78, 5) is 17.3. The van der Waals surface area contributed by atoms with Crippen molar-refractivity contribution in [1.29, 1.82) is 5.26 Å². The summed E-state index contributed by atoms with van der Waals surface area (Å²) in [6.07, 6.45) is 5.98. The van der Waals surface area contributed by atoms with Gasteiger partial charge in [-0.05, 0) is 54.2 Å². The Labute approximate surface area is 189 Å². The largest absolute Gasteiger partial charge is 0.398 e. The van der Waals surface area contributed by atoms with Crippen molar-refractivity contribution in [2.75, 3.05) is 6.61 Å². The number of nitriles is 1. The van der Waals surface area contributed by atoms with Gasteiger partial charge in [0.05, 0.1) is 12.1 Å². The van der Waals surface area contributed by atoms with Crippen molar-refractivity contribution in [1.82, 2.24) is 0 Å². The number of aliphatic imine (C=N–C) groups is 1.